The van der Waals surface area contributed by atoms with Crippen molar-refractivity contribution in [3.8, 4) is 0 Å². The summed E-state index contributed by atoms with van der Waals surface area (Å²) in [4.78, 5) is 13.3. The van der Waals surface area contributed by atoms with Crippen molar-refractivity contribution in [2.24, 2.45) is 7.05 Å². The highest BCUT2D eigenvalue weighted by molar-refractivity contribution is 5.88. The molecule has 0 radical (unpaired) electrons. The van der Waals surface area contributed by atoms with Crippen molar-refractivity contribution >= 4 is 5.97 Å². The first-order valence-corrected chi connectivity index (χ1v) is 5.65. The topological polar surface area (TPSA) is 67.6 Å². The predicted molar refractivity (Wildman–Crippen MR) is 60.9 cm³/mol. The minimum atomic E-state index is -0.922. The van der Waals surface area contributed by atoms with Crippen LogP contribution in [0, 0.1) is 0 Å². The van der Waals surface area contributed by atoms with Gasteiger partial charge < -0.3 is 9.84 Å². The van der Waals surface area contributed by atoms with E-state index in [0.717, 1.165) is 12.2 Å². The van der Waals surface area contributed by atoms with Gasteiger partial charge in [0, 0.05) is 26.2 Å². The fourth-order valence-corrected chi connectivity index (χ4v) is 2.02. The van der Waals surface area contributed by atoms with Gasteiger partial charge in [0.05, 0.1) is 25.1 Å². The molecule has 1 N–H and O–H groups in total. The molecule has 17 heavy (non-hydrogen) atoms. The van der Waals surface area contributed by atoms with Crippen LogP contribution in [0.25, 0.3) is 0 Å². The van der Waals surface area contributed by atoms with Crippen LogP contribution in [0.1, 0.15) is 23.0 Å². The lowest BCUT2D eigenvalue weighted by Gasteiger charge is -2.33. The highest BCUT2D eigenvalue weighted by atomic mass is 16.5. The van der Waals surface area contributed by atoms with Gasteiger partial charge in [0.25, 0.3) is 0 Å². The van der Waals surface area contributed by atoms with Gasteiger partial charge >= 0.3 is 5.97 Å². The smallest absolute Gasteiger partial charge is 0.339 e. The molecule has 0 bridgehead atoms. The van der Waals surface area contributed by atoms with Crippen LogP contribution >= 0.6 is 0 Å². The molecular formula is C11H17N3O3. The van der Waals surface area contributed by atoms with Crippen molar-refractivity contribution in [2.45, 2.75) is 19.5 Å². The highest BCUT2D eigenvalue weighted by Gasteiger charge is 2.23. The van der Waals surface area contributed by atoms with Crippen LogP contribution in [0.2, 0.25) is 0 Å². The summed E-state index contributed by atoms with van der Waals surface area (Å²) in [5.41, 5.74) is 1.03. The third-order valence-corrected chi connectivity index (χ3v) is 3.15. The summed E-state index contributed by atoms with van der Waals surface area (Å²) in [6, 6.07) is 0.306. The molecule has 0 spiro atoms. The second-order valence-electron chi connectivity index (χ2n) is 4.33. The first-order chi connectivity index (χ1) is 8.09. The standard InChI is InChI=1S/C11H17N3O3/c1-8-7-17-4-3-14(8)6-10-9(11(15)16)5-12-13(10)2/h5,8H,3-4,6-7H2,1-2H3,(H,15,16). The Morgan fingerprint density at radius 1 is 1.71 bits per heavy atom. The highest BCUT2D eigenvalue weighted by Crippen LogP contribution is 2.15. The number of aromatic carboxylic acids is 1. The molecule has 0 saturated carbocycles. The Kier molecular flexibility index (Phi) is 3.44. The zero-order valence-electron chi connectivity index (χ0n) is 10.1. The summed E-state index contributed by atoms with van der Waals surface area (Å²) in [5.74, 6) is -0.922. The number of carboxylic acid groups (broad SMARTS) is 1. The quantitative estimate of drug-likeness (QED) is 0.823. The summed E-state index contributed by atoms with van der Waals surface area (Å²) in [7, 11) is 1.77. The number of rotatable bonds is 3. The molecule has 1 aromatic rings. The monoisotopic (exact) mass is 239 g/mol. The van der Waals surface area contributed by atoms with Gasteiger partial charge in [-0.05, 0) is 6.92 Å². The van der Waals surface area contributed by atoms with Gasteiger partial charge in [-0.1, -0.05) is 0 Å². The van der Waals surface area contributed by atoms with Crippen LogP contribution in [-0.2, 0) is 18.3 Å². The molecule has 2 rings (SSSR count). The van der Waals surface area contributed by atoms with Crippen LogP contribution in [0.5, 0.6) is 0 Å². The third kappa shape index (κ3) is 2.48. The largest absolute Gasteiger partial charge is 0.478 e. The molecule has 1 atom stereocenters. The van der Waals surface area contributed by atoms with Crippen molar-refractivity contribution in [1.29, 1.82) is 0 Å². The summed E-state index contributed by atoms with van der Waals surface area (Å²) < 4.78 is 6.99. The third-order valence-electron chi connectivity index (χ3n) is 3.15. The average molecular weight is 239 g/mol. The Balaban J connectivity index is 2.17. The lowest BCUT2D eigenvalue weighted by molar-refractivity contribution is -0.00552. The van der Waals surface area contributed by atoms with Crippen molar-refractivity contribution in [3.63, 3.8) is 0 Å². The Morgan fingerprint density at radius 2 is 2.47 bits per heavy atom. The Labute approximate surface area is 99.8 Å². The van der Waals surface area contributed by atoms with E-state index < -0.39 is 5.97 Å². The molecule has 2 heterocycles. The summed E-state index contributed by atoms with van der Waals surface area (Å²) in [6.07, 6.45) is 1.41. The minimum absolute atomic E-state index is 0.284. The van der Waals surface area contributed by atoms with E-state index in [1.54, 1.807) is 11.7 Å². The number of hydrogen-bond donors (Lipinski definition) is 1. The number of aryl methyl sites for hydroxylation is 1. The maximum Gasteiger partial charge on any atom is 0.339 e. The van der Waals surface area contributed by atoms with Crippen LogP contribution in [-0.4, -0.2) is 51.6 Å². The van der Waals surface area contributed by atoms with Gasteiger partial charge in [0.2, 0.25) is 0 Å². The number of nitrogens with zero attached hydrogens (tertiary/aromatic N) is 3. The number of morpholine rings is 1. The molecule has 1 unspecified atom stereocenters. The van der Waals surface area contributed by atoms with E-state index in [4.69, 9.17) is 9.84 Å². The zero-order valence-corrected chi connectivity index (χ0v) is 10.1. The summed E-state index contributed by atoms with van der Waals surface area (Å²) in [5, 5.41) is 13.1. The minimum Gasteiger partial charge on any atom is -0.478 e. The lowest BCUT2D eigenvalue weighted by Crippen LogP contribution is -2.43. The number of hydrogen-bond acceptors (Lipinski definition) is 4. The van der Waals surface area contributed by atoms with E-state index in [2.05, 4.69) is 16.9 Å². The van der Waals surface area contributed by atoms with Gasteiger partial charge in [-0.3, -0.25) is 9.58 Å². The fourth-order valence-electron chi connectivity index (χ4n) is 2.02. The van der Waals surface area contributed by atoms with Crippen LogP contribution in [0.3, 0.4) is 0 Å². The molecule has 1 saturated heterocycles. The molecule has 1 aromatic heterocycles. The van der Waals surface area contributed by atoms with E-state index in [0.29, 0.717) is 25.8 Å². The molecule has 0 aromatic carbocycles. The van der Waals surface area contributed by atoms with Gasteiger partial charge in [0.1, 0.15) is 5.56 Å². The number of aromatic nitrogens is 2. The van der Waals surface area contributed by atoms with Crippen molar-refractivity contribution < 1.29 is 14.6 Å². The molecule has 6 heteroatoms. The van der Waals surface area contributed by atoms with Gasteiger partial charge in [-0.2, -0.15) is 5.10 Å². The number of carbonyl (C=O) groups is 1. The fraction of sp³-hybridized carbons (Fsp3) is 0.636. The summed E-state index contributed by atoms with van der Waals surface area (Å²) in [6.45, 7) is 4.90. The molecule has 94 valence electrons. The second kappa shape index (κ2) is 4.85. The van der Waals surface area contributed by atoms with E-state index in [1.165, 1.54) is 6.20 Å². The van der Waals surface area contributed by atoms with E-state index in [-0.39, 0.29) is 5.56 Å². The summed E-state index contributed by atoms with van der Waals surface area (Å²) >= 11 is 0. The van der Waals surface area contributed by atoms with Crippen molar-refractivity contribution in [2.75, 3.05) is 19.8 Å². The molecule has 1 aliphatic rings. The normalized spacial score (nSPS) is 21.6. The first kappa shape index (κ1) is 12.1. The maximum absolute atomic E-state index is 11.1. The maximum atomic E-state index is 11.1. The van der Waals surface area contributed by atoms with E-state index in [1.807, 2.05) is 0 Å². The Morgan fingerprint density at radius 3 is 3.12 bits per heavy atom. The predicted octanol–water partition coefficient (Wildman–Crippen LogP) is 0.339. The lowest BCUT2D eigenvalue weighted by atomic mass is 10.2. The first-order valence-electron chi connectivity index (χ1n) is 5.65. The van der Waals surface area contributed by atoms with Crippen LogP contribution in [0.15, 0.2) is 6.20 Å². The SMILES string of the molecule is CC1COCCN1Cc1c(C(=O)O)cnn1C. The Bertz CT molecular complexity index is 416. The van der Waals surface area contributed by atoms with Gasteiger partial charge in [0.15, 0.2) is 0 Å². The molecule has 6 nitrogen and oxygen atoms in total. The average Bonchev–Trinajstić information content (AvgIpc) is 2.64. The molecule has 0 aliphatic carbocycles. The van der Waals surface area contributed by atoms with Crippen LogP contribution < -0.4 is 0 Å². The number of ether oxygens (including phenoxy) is 1. The van der Waals surface area contributed by atoms with Gasteiger partial charge in [-0.25, -0.2) is 4.79 Å². The van der Waals surface area contributed by atoms with Crippen molar-refractivity contribution in [1.82, 2.24) is 14.7 Å². The van der Waals surface area contributed by atoms with Gasteiger partial charge in [-0.15, -0.1) is 0 Å². The van der Waals surface area contributed by atoms with Crippen LogP contribution in [0.4, 0.5) is 0 Å². The second-order valence-corrected chi connectivity index (χ2v) is 4.33. The Hall–Kier alpha value is -1.40. The van der Waals surface area contributed by atoms with E-state index >= 15 is 0 Å². The zero-order chi connectivity index (χ0) is 12.4. The molecule has 1 fully saturated rings. The number of carboxylic acids is 1. The van der Waals surface area contributed by atoms with E-state index in [9.17, 15) is 4.79 Å². The molecule has 1 aliphatic heterocycles. The molecular weight excluding hydrogens is 222 g/mol. The molecule has 0 amide bonds. The van der Waals surface area contributed by atoms with Crippen molar-refractivity contribution in [3.05, 3.63) is 17.5 Å².